The Labute approximate surface area is 177 Å². The Hall–Kier alpha value is -2.17. The number of benzene rings is 1. The van der Waals surface area contributed by atoms with Crippen LogP contribution in [0.3, 0.4) is 0 Å². The number of carboxylic acid groups (broad SMARTS) is 1. The summed E-state index contributed by atoms with van der Waals surface area (Å²) in [6, 6.07) is 3.79. The second-order valence-corrected chi connectivity index (χ2v) is 8.00. The Morgan fingerprint density at radius 1 is 1.31 bits per heavy atom. The predicted octanol–water partition coefficient (Wildman–Crippen LogP) is 1.68. The fourth-order valence-corrected chi connectivity index (χ4v) is 4.21. The number of nitrogens with one attached hydrogen (secondary N) is 2. The van der Waals surface area contributed by atoms with Crippen molar-refractivity contribution >= 4 is 40.9 Å². The molecular formula is C18H22ClFN4O4S. The molecule has 0 aromatic heterocycles. The molecule has 0 spiro atoms. The number of carbonyl (C=O) groups is 2. The van der Waals surface area contributed by atoms with Gasteiger partial charge in [0.15, 0.2) is 5.11 Å². The Bertz CT molecular complexity index is 806. The van der Waals surface area contributed by atoms with Crippen LogP contribution in [0.25, 0.3) is 0 Å². The molecular weight excluding hydrogens is 423 g/mol. The lowest BCUT2D eigenvalue weighted by Gasteiger charge is -2.37. The van der Waals surface area contributed by atoms with Crippen LogP contribution in [0.1, 0.15) is 30.7 Å². The van der Waals surface area contributed by atoms with Crippen LogP contribution in [0.2, 0.25) is 5.02 Å². The maximum Gasteiger partial charge on any atom is 0.407 e. The molecule has 0 aliphatic carbocycles. The first-order chi connectivity index (χ1) is 13.7. The van der Waals surface area contributed by atoms with Crippen LogP contribution in [-0.4, -0.2) is 69.0 Å². The van der Waals surface area contributed by atoms with Crippen LogP contribution >= 0.6 is 23.8 Å². The lowest BCUT2D eigenvalue weighted by molar-refractivity contribution is -0.141. The molecule has 0 unspecified atom stereocenters. The molecule has 2 amide bonds. The number of rotatable bonds is 3. The predicted molar refractivity (Wildman–Crippen MR) is 108 cm³/mol. The third-order valence-electron chi connectivity index (χ3n) is 5.14. The molecule has 29 heavy (non-hydrogen) atoms. The summed E-state index contributed by atoms with van der Waals surface area (Å²) in [5, 5.41) is 23.9. The van der Waals surface area contributed by atoms with Gasteiger partial charge in [-0.25, -0.2) is 9.18 Å². The minimum atomic E-state index is -0.942. The van der Waals surface area contributed by atoms with Gasteiger partial charge >= 0.3 is 6.09 Å². The molecule has 4 N–H and O–H groups in total. The summed E-state index contributed by atoms with van der Waals surface area (Å²) in [7, 11) is 0. The summed E-state index contributed by atoms with van der Waals surface area (Å²) in [6.07, 6.45) is -0.372. The van der Waals surface area contributed by atoms with Crippen LogP contribution in [0, 0.1) is 5.82 Å². The molecule has 2 saturated heterocycles. The van der Waals surface area contributed by atoms with Crippen molar-refractivity contribution in [2.75, 3.05) is 19.6 Å². The van der Waals surface area contributed by atoms with Gasteiger partial charge in [0.05, 0.1) is 18.6 Å². The zero-order valence-electron chi connectivity index (χ0n) is 15.5. The van der Waals surface area contributed by atoms with E-state index in [4.69, 9.17) is 28.9 Å². The average Bonchev–Trinajstić information content (AvgIpc) is 2.65. The van der Waals surface area contributed by atoms with E-state index in [1.54, 1.807) is 0 Å². The normalized spacial score (nSPS) is 23.1. The van der Waals surface area contributed by atoms with Crippen LogP contribution in [-0.2, 0) is 4.79 Å². The molecule has 3 rings (SSSR count). The highest BCUT2D eigenvalue weighted by atomic mass is 35.5. The van der Waals surface area contributed by atoms with Crippen molar-refractivity contribution in [3.63, 3.8) is 0 Å². The fourth-order valence-electron chi connectivity index (χ4n) is 3.64. The summed E-state index contributed by atoms with van der Waals surface area (Å²) in [4.78, 5) is 25.2. The average molecular weight is 445 g/mol. The van der Waals surface area contributed by atoms with Crippen molar-refractivity contribution in [1.29, 1.82) is 0 Å². The van der Waals surface area contributed by atoms with Gasteiger partial charge in [0.2, 0.25) is 5.91 Å². The molecule has 1 aromatic rings. The Morgan fingerprint density at radius 3 is 2.62 bits per heavy atom. The Kier molecular flexibility index (Phi) is 6.76. The largest absolute Gasteiger partial charge is 0.465 e. The minimum absolute atomic E-state index is 0.0160. The number of hydrogen-bond acceptors (Lipinski definition) is 4. The molecule has 8 nitrogen and oxygen atoms in total. The maximum atomic E-state index is 13.3. The number of piperidine rings is 2. The number of hydrazine groups is 1. The van der Waals surface area contributed by atoms with Gasteiger partial charge in [0.1, 0.15) is 5.82 Å². The van der Waals surface area contributed by atoms with Crippen LogP contribution in [0.5, 0.6) is 0 Å². The minimum Gasteiger partial charge on any atom is -0.465 e. The molecule has 0 radical (unpaired) electrons. The fraction of sp³-hybridized carbons (Fsp3) is 0.500. The molecule has 158 valence electrons. The monoisotopic (exact) mass is 444 g/mol. The number of halogens is 2. The first kappa shape index (κ1) is 21.5. The zero-order valence-corrected chi connectivity index (χ0v) is 17.0. The van der Waals surface area contributed by atoms with Crippen molar-refractivity contribution in [3.05, 3.63) is 34.6 Å². The number of hydrogen-bond donors (Lipinski definition) is 4. The summed E-state index contributed by atoms with van der Waals surface area (Å²) >= 11 is 11.4. The van der Waals surface area contributed by atoms with Crippen LogP contribution in [0.15, 0.2) is 18.2 Å². The third kappa shape index (κ3) is 5.26. The molecule has 2 fully saturated rings. The highest BCUT2D eigenvalue weighted by molar-refractivity contribution is 7.80. The van der Waals surface area contributed by atoms with E-state index < -0.39 is 23.9 Å². The lowest BCUT2D eigenvalue weighted by Crippen LogP contribution is -2.58. The third-order valence-corrected chi connectivity index (χ3v) is 5.68. The molecule has 2 atom stereocenters. The highest BCUT2D eigenvalue weighted by Gasteiger charge is 2.36. The number of aliphatic hydroxyl groups is 1. The quantitative estimate of drug-likeness (QED) is 0.526. The number of aliphatic hydroxyl groups excluding tert-OH is 1. The summed E-state index contributed by atoms with van der Waals surface area (Å²) < 4.78 is 13.3. The van der Waals surface area contributed by atoms with Gasteiger partial charge in [-0.3, -0.25) is 15.2 Å². The summed E-state index contributed by atoms with van der Waals surface area (Å²) in [5.41, 5.74) is 3.26. The van der Waals surface area contributed by atoms with Crippen LogP contribution < -0.4 is 10.7 Å². The summed E-state index contributed by atoms with van der Waals surface area (Å²) in [6.45, 7) is 0.859. The second-order valence-electron chi connectivity index (χ2n) is 7.19. The Morgan fingerprint density at radius 2 is 2.00 bits per heavy atom. The van der Waals surface area contributed by atoms with Gasteiger partial charge < -0.3 is 20.4 Å². The van der Waals surface area contributed by atoms with E-state index in [9.17, 15) is 19.1 Å². The Balaban J connectivity index is 1.60. The topological polar surface area (TPSA) is 105 Å². The van der Waals surface area contributed by atoms with E-state index in [1.807, 2.05) is 0 Å². The standard InChI is InChI=1S/C18H22ClFN4O4S/c19-15-7-10(20)1-2-13(15)14-8-12(25)9-24(16(14)26)22-17(29)21-11-3-5-23(6-4-11)18(27)28/h1-2,7,11-12,14,25H,3-6,8-9H2,(H,27,28)(H2,21,22,29)/t12-,14-/m1/s1. The molecule has 0 bridgehead atoms. The SMILES string of the molecule is O=C(O)N1CCC(NC(=S)NN2C[C@H](O)C[C@H](c3ccc(F)cc3Cl)C2=O)CC1. The highest BCUT2D eigenvalue weighted by Crippen LogP contribution is 2.32. The second kappa shape index (κ2) is 9.10. The van der Waals surface area contributed by atoms with E-state index in [1.165, 1.54) is 22.0 Å². The van der Waals surface area contributed by atoms with Crippen molar-refractivity contribution in [1.82, 2.24) is 20.7 Å². The van der Waals surface area contributed by atoms with Gasteiger partial charge in [-0.15, -0.1) is 0 Å². The van der Waals surface area contributed by atoms with Gasteiger partial charge in [-0.1, -0.05) is 17.7 Å². The molecule has 2 aliphatic rings. The molecule has 1 aromatic carbocycles. The van der Waals surface area contributed by atoms with E-state index >= 15 is 0 Å². The van der Waals surface area contributed by atoms with Crippen molar-refractivity contribution < 1.29 is 24.2 Å². The maximum absolute atomic E-state index is 13.3. The number of likely N-dealkylation sites (tertiary alicyclic amines) is 1. The van der Waals surface area contributed by atoms with Gasteiger partial charge in [0, 0.05) is 24.2 Å². The molecule has 0 saturated carbocycles. The molecule has 2 aliphatic heterocycles. The van der Waals surface area contributed by atoms with E-state index in [-0.39, 0.29) is 35.0 Å². The van der Waals surface area contributed by atoms with E-state index in [2.05, 4.69) is 10.7 Å². The number of nitrogens with zero attached hydrogens (tertiary/aromatic N) is 2. The van der Waals surface area contributed by atoms with Gasteiger partial charge in [0.25, 0.3) is 0 Å². The smallest absolute Gasteiger partial charge is 0.407 e. The van der Waals surface area contributed by atoms with Gasteiger partial charge in [-0.2, -0.15) is 0 Å². The molecule has 2 heterocycles. The number of carbonyl (C=O) groups excluding carboxylic acids is 1. The number of β-amino-alcohol motifs (C(OH)–C–C–N with tert-alkyl or cyclic N) is 1. The number of thiocarbonyl (C=S) groups is 1. The van der Waals surface area contributed by atoms with Crippen molar-refractivity contribution in [2.24, 2.45) is 0 Å². The number of amides is 2. The van der Waals surface area contributed by atoms with Crippen molar-refractivity contribution in [2.45, 2.75) is 37.3 Å². The van der Waals surface area contributed by atoms with Gasteiger partial charge in [-0.05, 0) is 49.2 Å². The van der Waals surface area contributed by atoms with E-state index in [0.29, 0.717) is 31.5 Å². The van der Waals surface area contributed by atoms with E-state index in [0.717, 1.165) is 6.07 Å². The van der Waals surface area contributed by atoms with Crippen LogP contribution in [0.4, 0.5) is 9.18 Å². The first-order valence-electron chi connectivity index (χ1n) is 9.24. The molecule has 11 heteroatoms. The first-order valence-corrected chi connectivity index (χ1v) is 10.0. The lowest BCUT2D eigenvalue weighted by atomic mass is 9.89. The zero-order chi connectivity index (χ0) is 21.1. The van der Waals surface area contributed by atoms with Crippen molar-refractivity contribution in [3.8, 4) is 0 Å². The summed E-state index contributed by atoms with van der Waals surface area (Å²) in [5.74, 6) is -1.55.